The summed E-state index contributed by atoms with van der Waals surface area (Å²) in [6.07, 6.45) is 7.80. The van der Waals surface area contributed by atoms with E-state index in [1.165, 1.54) is 17.5 Å². The largest absolute Gasteiger partial charge is 0.508 e. The first-order chi connectivity index (χ1) is 10.1. The zero-order chi connectivity index (χ0) is 15.2. The van der Waals surface area contributed by atoms with Crippen LogP contribution in [0.25, 0.3) is 0 Å². The zero-order valence-electron chi connectivity index (χ0n) is 12.9. The van der Waals surface area contributed by atoms with Crippen molar-refractivity contribution < 1.29 is 9.90 Å². The molecule has 1 amide bonds. The minimum absolute atomic E-state index is 0.121. The van der Waals surface area contributed by atoms with Gasteiger partial charge in [0, 0.05) is 24.7 Å². The number of carbonyl (C=O) groups excluding carboxylic acids is 1. The summed E-state index contributed by atoms with van der Waals surface area (Å²) in [7, 11) is 3.91. The van der Waals surface area contributed by atoms with Gasteiger partial charge < -0.3 is 15.3 Å². The number of amides is 1. The third-order valence-electron chi connectivity index (χ3n) is 3.81. The number of rotatable bonds is 5. The third kappa shape index (κ3) is 4.33. The highest BCUT2D eigenvalue weighted by molar-refractivity contribution is 5.87. The van der Waals surface area contributed by atoms with E-state index < -0.39 is 0 Å². The molecule has 0 aromatic heterocycles. The highest BCUT2D eigenvalue weighted by Gasteiger charge is 2.16. The fourth-order valence-electron chi connectivity index (χ4n) is 2.69. The average Bonchev–Trinajstić information content (AvgIpc) is 2.46. The van der Waals surface area contributed by atoms with E-state index in [-0.39, 0.29) is 11.7 Å². The van der Waals surface area contributed by atoms with Crippen LogP contribution in [0.3, 0.4) is 0 Å². The van der Waals surface area contributed by atoms with Crippen molar-refractivity contribution in [1.82, 2.24) is 10.2 Å². The molecule has 0 fully saturated rings. The van der Waals surface area contributed by atoms with Gasteiger partial charge in [0.2, 0.25) is 5.91 Å². The van der Waals surface area contributed by atoms with Gasteiger partial charge in [-0.05, 0) is 57.0 Å². The molecule has 1 aromatic carbocycles. The number of phenols is 1. The monoisotopic (exact) mass is 288 g/mol. The Morgan fingerprint density at radius 3 is 2.86 bits per heavy atom. The SMILES string of the molecule is CN(C)C/C=C/C(=O)NCc1c(O)ccc2c1CCCC2. The van der Waals surface area contributed by atoms with Crippen LogP contribution in [-0.2, 0) is 24.2 Å². The van der Waals surface area contributed by atoms with Gasteiger partial charge in [0.15, 0.2) is 0 Å². The highest BCUT2D eigenvalue weighted by Crippen LogP contribution is 2.30. The second-order valence-electron chi connectivity index (χ2n) is 5.79. The van der Waals surface area contributed by atoms with Gasteiger partial charge in [-0.15, -0.1) is 0 Å². The van der Waals surface area contributed by atoms with Crippen LogP contribution < -0.4 is 5.32 Å². The van der Waals surface area contributed by atoms with Crippen molar-refractivity contribution >= 4 is 5.91 Å². The van der Waals surface area contributed by atoms with Gasteiger partial charge in [0.25, 0.3) is 0 Å². The van der Waals surface area contributed by atoms with E-state index in [0.29, 0.717) is 6.54 Å². The minimum atomic E-state index is -0.121. The first-order valence-corrected chi connectivity index (χ1v) is 7.49. The van der Waals surface area contributed by atoms with Crippen LogP contribution in [0.4, 0.5) is 0 Å². The van der Waals surface area contributed by atoms with Crippen molar-refractivity contribution in [3.05, 3.63) is 41.0 Å². The predicted octanol–water partition coefficient (Wildman–Crippen LogP) is 2.00. The fourth-order valence-corrected chi connectivity index (χ4v) is 2.69. The number of benzene rings is 1. The Morgan fingerprint density at radius 2 is 2.10 bits per heavy atom. The summed E-state index contributed by atoms with van der Waals surface area (Å²) in [4.78, 5) is 13.8. The second kappa shape index (κ2) is 7.27. The van der Waals surface area contributed by atoms with Crippen LogP contribution in [0.1, 0.15) is 29.5 Å². The second-order valence-corrected chi connectivity index (χ2v) is 5.79. The first kappa shape index (κ1) is 15.6. The van der Waals surface area contributed by atoms with Gasteiger partial charge in [-0.25, -0.2) is 0 Å². The molecule has 1 aromatic rings. The lowest BCUT2D eigenvalue weighted by atomic mass is 9.88. The van der Waals surface area contributed by atoms with E-state index in [2.05, 4.69) is 5.32 Å². The predicted molar refractivity (Wildman–Crippen MR) is 84.3 cm³/mol. The quantitative estimate of drug-likeness (QED) is 0.815. The normalized spacial score (nSPS) is 14.4. The topological polar surface area (TPSA) is 52.6 Å². The van der Waals surface area contributed by atoms with Crippen molar-refractivity contribution in [3.8, 4) is 5.75 Å². The Morgan fingerprint density at radius 1 is 1.33 bits per heavy atom. The van der Waals surface area contributed by atoms with Gasteiger partial charge in [0.1, 0.15) is 5.75 Å². The molecule has 1 aliphatic rings. The minimum Gasteiger partial charge on any atom is -0.508 e. The molecule has 21 heavy (non-hydrogen) atoms. The molecule has 1 aliphatic carbocycles. The van der Waals surface area contributed by atoms with Gasteiger partial charge in [0.05, 0.1) is 0 Å². The number of hydrogen-bond donors (Lipinski definition) is 2. The molecular weight excluding hydrogens is 264 g/mol. The van der Waals surface area contributed by atoms with Gasteiger partial charge >= 0.3 is 0 Å². The first-order valence-electron chi connectivity index (χ1n) is 7.49. The van der Waals surface area contributed by atoms with Crippen molar-refractivity contribution in [3.63, 3.8) is 0 Å². The van der Waals surface area contributed by atoms with E-state index in [0.717, 1.165) is 31.4 Å². The van der Waals surface area contributed by atoms with Crippen molar-refractivity contribution in [1.29, 1.82) is 0 Å². The molecule has 4 heteroatoms. The fraction of sp³-hybridized carbons (Fsp3) is 0.471. The van der Waals surface area contributed by atoms with Gasteiger partial charge in [-0.2, -0.15) is 0 Å². The lowest BCUT2D eigenvalue weighted by Gasteiger charge is -2.20. The van der Waals surface area contributed by atoms with Crippen LogP contribution >= 0.6 is 0 Å². The lowest BCUT2D eigenvalue weighted by molar-refractivity contribution is -0.116. The smallest absolute Gasteiger partial charge is 0.243 e. The molecule has 0 atom stereocenters. The number of fused-ring (bicyclic) bond motifs is 1. The van der Waals surface area contributed by atoms with Crippen LogP contribution in [-0.4, -0.2) is 36.6 Å². The summed E-state index contributed by atoms with van der Waals surface area (Å²) in [6, 6.07) is 3.75. The van der Waals surface area contributed by atoms with Crippen molar-refractivity contribution in [2.24, 2.45) is 0 Å². The number of likely N-dealkylation sites (N-methyl/N-ethyl adjacent to an activating group) is 1. The van der Waals surface area contributed by atoms with Crippen LogP contribution in [0.2, 0.25) is 0 Å². The molecule has 0 saturated carbocycles. The maximum Gasteiger partial charge on any atom is 0.243 e. The van der Waals surface area contributed by atoms with E-state index in [9.17, 15) is 9.90 Å². The number of carbonyl (C=O) groups is 1. The molecule has 2 rings (SSSR count). The Kier molecular flexibility index (Phi) is 5.39. The van der Waals surface area contributed by atoms with Gasteiger partial charge in [-0.1, -0.05) is 12.1 Å². The molecule has 0 saturated heterocycles. The Bertz CT molecular complexity index is 536. The van der Waals surface area contributed by atoms with Crippen LogP contribution in [0.15, 0.2) is 24.3 Å². The zero-order valence-corrected chi connectivity index (χ0v) is 12.9. The summed E-state index contributed by atoms with van der Waals surface area (Å²) in [6.45, 7) is 1.12. The molecule has 0 aliphatic heterocycles. The highest BCUT2D eigenvalue weighted by atomic mass is 16.3. The molecule has 4 nitrogen and oxygen atoms in total. The van der Waals surface area contributed by atoms with E-state index in [4.69, 9.17) is 0 Å². The Labute approximate surface area is 126 Å². The molecule has 0 heterocycles. The summed E-state index contributed by atoms with van der Waals surface area (Å²) in [5, 5.41) is 12.9. The third-order valence-corrected chi connectivity index (χ3v) is 3.81. The standard InChI is InChI=1S/C17H24N2O2/c1-19(2)11-5-8-17(21)18-12-15-14-7-4-3-6-13(14)9-10-16(15)20/h5,8-10,20H,3-4,6-7,11-12H2,1-2H3,(H,18,21)/b8-5+. The molecular formula is C17H24N2O2. The molecule has 0 radical (unpaired) electrons. The van der Waals surface area contributed by atoms with Gasteiger partial charge in [-0.3, -0.25) is 4.79 Å². The molecule has 2 N–H and O–H groups in total. The average molecular weight is 288 g/mol. The summed E-state index contributed by atoms with van der Waals surface area (Å²) >= 11 is 0. The summed E-state index contributed by atoms with van der Waals surface area (Å²) in [5.74, 6) is 0.165. The lowest BCUT2D eigenvalue weighted by Crippen LogP contribution is -2.22. The molecule has 0 bridgehead atoms. The number of nitrogens with one attached hydrogen (secondary N) is 1. The number of aryl methyl sites for hydroxylation is 1. The number of nitrogens with zero attached hydrogens (tertiary/aromatic N) is 1. The van der Waals surface area contributed by atoms with Crippen LogP contribution in [0.5, 0.6) is 5.75 Å². The molecule has 114 valence electrons. The molecule has 0 spiro atoms. The Hall–Kier alpha value is -1.81. The van der Waals surface area contributed by atoms with Crippen molar-refractivity contribution in [2.75, 3.05) is 20.6 Å². The number of hydrogen-bond acceptors (Lipinski definition) is 3. The number of aromatic hydroxyl groups is 1. The van der Waals surface area contributed by atoms with E-state index >= 15 is 0 Å². The van der Waals surface area contributed by atoms with E-state index in [1.54, 1.807) is 12.1 Å². The summed E-state index contributed by atoms with van der Waals surface area (Å²) < 4.78 is 0. The maximum atomic E-state index is 11.8. The van der Waals surface area contributed by atoms with Crippen molar-refractivity contribution in [2.45, 2.75) is 32.2 Å². The number of phenolic OH excluding ortho intramolecular Hbond substituents is 1. The summed E-state index contributed by atoms with van der Waals surface area (Å²) in [5.41, 5.74) is 3.41. The van der Waals surface area contributed by atoms with E-state index in [1.807, 2.05) is 31.1 Å². The molecule has 0 unspecified atom stereocenters. The Balaban J connectivity index is 2.00. The maximum absolute atomic E-state index is 11.8. The van der Waals surface area contributed by atoms with Crippen LogP contribution in [0, 0.1) is 0 Å².